The van der Waals surface area contributed by atoms with Gasteiger partial charge in [-0.15, -0.1) is 0 Å². The highest BCUT2D eigenvalue weighted by molar-refractivity contribution is 5.82. The van der Waals surface area contributed by atoms with Gasteiger partial charge in [0.15, 0.2) is 0 Å². The number of carbonyl (C=O) groups is 1. The lowest BCUT2D eigenvalue weighted by Gasteiger charge is -2.40. The van der Waals surface area contributed by atoms with Crippen molar-refractivity contribution in [3.63, 3.8) is 0 Å². The van der Waals surface area contributed by atoms with Crippen molar-refractivity contribution in [2.45, 2.75) is 46.7 Å². The third kappa shape index (κ3) is 4.06. The topological polar surface area (TPSA) is 40.5 Å². The summed E-state index contributed by atoms with van der Waals surface area (Å²) in [6, 6.07) is 9.93. The molecule has 1 amide bonds. The lowest BCUT2D eigenvalue weighted by molar-refractivity contribution is -0.148. The Labute approximate surface area is 116 Å². The Balaban J connectivity index is 3.01. The zero-order valence-corrected chi connectivity index (χ0v) is 12.6. The minimum absolute atomic E-state index is 0.0219. The van der Waals surface area contributed by atoms with Crippen LogP contribution in [0.5, 0.6) is 0 Å². The van der Waals surface area contributed by atoms with Crippen molar-refractivity contribution in [1.29, 1.82) is 0 Å². The lowest BCUT2D eigenvalue weighted by atomic mass is 9.90. The zero-order valence-electron chi connectivity index (χ0n) is 12.6. The van der Waals surface area contributed by atoms with Gasteiger partial charge in [-0.3, -0.25) is 4.79 Å². The minimum atomic E-state index is -0.748. The number of benzene rings is 1. The van der Waals surface area contributed by atoms with Gasteiger partial charge in [0, 0.05) is 12.1 Å². The van der Waals surface area contributed by atoms with Crippen LogP contribution < -0.4 is 0 Å². The van der Waals surface area contributed by atoms with E-state index < -0.39 is 5.41 Å². The molecule has 1 rings (SSSR count). The zero-order chi connectivity index (χ0) is 14.7. The smallest absolute Gasteiger partial charge is 0.231 e. The van der Waals surface area contributed by atoms with Crippen LogP contribution in [0.25, 0.3) is 0 Å². The Bertz CT molecular complexity index is 418. The number of carbonyl (C=O) groups excluding carboxylic acids is 1. The van der Waals surface area contributed by atoms with Gasteiger partial charge in [-0.2, -0.15) is 0 Å². The molecule has 0 aliphatic carbocycles. The van der Waals surface area contributed by atoms with Gasteiger partial charge in [-0.05, 0) is 40.2 Å². The summed E-state index contributed by atoms with van der Waals surface area (Å²) in [5.74, 6) is -0.0219. The van der Waals surface area contributed by atoms with E-state index in [1.165, 1.54) is 0 Å². The molecule has 19 heavy (non-hydrogen) atoms. The molecular weight excluding hydrogens is 238 g/mol. The van der Waals surface area contributed by atoms with Crippen LogP contribution in [0.3, 0.4) is 0 Å². The summed E-state index contributed by atoms with van der Waals surface area (Å²) in [5, 5.41) is 9.40. The van der Waals surface area contributed by atoms with Crippen LogP contribution in [0.4, 0.5) is 0 Å². The van der Waals surface area contributed by atoms with Gasteiger partial charge >= 0.3 is 0 Å². The van der Waals surface area contributed by atoms with Crippen molar-refractivity contribution in [2.75, 3.05) is 6.61 Å². The molecule has 0 saturated carbocycles. The minimum Gasteiger partial charge on any atom is -0.395 e. The standard InChI is InChI=1S/C16H25NO2/c1-15(2,3)17(14(19)16(4,5)12-18)11-13-9-7-6-8-10-13/h6-10,18H,11-12H2,1-5H3. The van der Waals surface area contributed by atoms with Gasteiger partial charge in [-0.1, -0.05) is 30.3 Å². The highest BCUT2D eigenvalue weighted by Crippen LogP contribution is 2.26. The van der Waals surface area contributed by atoms with Crippen LogP contribution >= 0.6 is 0 Å². The van der Waals surface area contributed by atoms with E-state index in [4.69, 9.17) is 0 Å². The van der Waals surface area contributed by atoms with Crippen molar-refractivity contribution in [3.8, 4) is 0 Å². The SMILES string of the molecule is CC(C)(CO)C(=O)N(Cc1ccccc1)C(C)(C)C. The van der Waals surface area contributed by atoms with Gasteiger partial charge in [0.05, 0.1) is 12.0 Å². The Morgan fingerprint density at radius 3 is 2.05 bits per heavy atom. The van der Waals surface area contributed by atoms with E-state index in [0.717, 1.165) is 5.56 Å². The van der Waals surface area contributed by atoms with Gasteiger partial charge in [0.25, 0.3) is 0 Å². The van der Waals surface area contributed by atoms with Crippen LogP contribution in [0.1, 0.15) is 40.2 Å². The van der Waals surface area contributed by atoms with Gasteiger partial charge in [-0.25, -0.2) is 0 Å². The molecule has 1 aromatic carbocycles. The number of amides is 1. The Hall–Kier alpha value is -1.35. The van der Waals surface area contributed by atoms with Crippen molar-refractivity contribution in [1.82, 2.24) is 4.90 Å². The first kappa shape index (κ1) is 15.7. The highest BCUT2D eigenvalue weighted by atomic mass is 16.3. The van der Waals surface area contributed by atoms with Gasteiger partial charge in [0.1, 0.15) is 0 Å². The second-order valence-electron chi connectivity index (χ2n) is 6.59. The summed E-state index contributed by atoms with van der Waals surface area (Å²) in [7, 11) is 0. The summed E-state index contributed by atoms with van der Waals surface area (Å²) < 4.78 is 0. The maximum Gasteiger partial charge on any atom is 0.231 e. The van der Waals surface area contributed by atoms with Crippen LogP contribution in [-0.2, 0) is 11.3 Å². The first-order valence-corrected chi connectivity index (χ1v) is 6.65. The summed E-state index contributed by atoms with van der Waals surface area (Å²) in [5.41, 5.74) is 0.0704. The summed E-state index contributed by atoms with van der Waals surface area (Å²) in [6.45, 7) is 10.0. The summed E-state index contributed by atoms with van der Waals surface area (Å²) in [6.07, 6.45) is 0. The molecule has 3 heteroatoms. The Morgan fingerprint density at radius 1 is 1.11 bits per heavy atom. The number of hydrogen-bond donors (Lipinski definition) is 1. The maximum atomic E-state index is 12.6. The summed E-state index contributed by atoms with van der Waals surface area (Å²) in [4.78, 5) is 14.4. The van der Waals surface area contributed by atoms with E-state index in [1.807, 2.05) is 56.0 Å². The molecular formula is C16H25NO2. The summed E-state index contributed by atoms with van der Waals surface area (Å²) >= 11 is 0. The van der Waals surface area contributed by atoms with Crippen molar-refractivity contribution in [3.05, 3.63) is 35.9 Å². The average molecular weight is 263 g/mol. The maximum absolute atomic E-state index is 12.6. The fourth-order valence-corrected chi connectivity index (χ4v) is 1.81. The lowest BCUT2D eigenvalue weighted by Crippen LogP contribution is -2.51. The first-order chi connectivity index (χ1) is 8.68. The monoisotopic (exact) mass is 263 g/mol. The fourth-order valence-electron chi connectivity index (χ4n) is 1.81. The molecule has 0 atom stereocenters. The molecule has 0 fully saturated rings. The van der Waals surface area contributed by atoms with Crippen molar-refractivity contribution < 1.29 is 9.90 Å². The fraction of sp³-hybridized carbons (Fsp3) is 0.562. The molecule has 1 N–H and O–H groups in total. The van der Waals surface area contributed by atoms with E-state index in [1.54, 1.807) is 13.8 Å². The Morgan fingerprint density at radius 2 is 1.63 bits per heavy atom. The van der Waals surface area contributed by atoms with Gasteiger partial charge < -0.3 is 10.0 Å². The van der Waals surface area contributed by atoms with E-state index in [2.05, 4.69) is 0 Å². The molecule has 106 valence electrons. The Kier molecular flexibility index (Phi) is 4.75. The quantitative estimate of drug-likeness (QED) is 0.907. The van der Waals surface area contributed by atoms with E-state index >= 15 is 0 Å². The molecule has 0 aliphatic rings. The predicted octanol–water partition coefficient (Wildman–Crippen LogP) is 2.83. The average Bonchev–Trinajstić information content (AvgIpc) is 2.35. The third-order valence-corrected chi connectivity index (χ3v) is 3.21. The van der Waals surface area contributed by atoms with Crippen molar-refractivity contribution in [2.24, 2.45) is 5.41 Å². The van der Waals surface area contributed by atoms with E-state index in [9.17, 15) is 9.90 Å². The number of aliphatic hydroxyl groups is 1. The number of hydrogen-bond acceptors (Lipinski definition) is 2. The highest BCUT2D eigenvalue weighted by Gasteiger charge is 2.36. The second kappa shape index (κ2) is 5.74. The first-order valence-electron chi connectivity index (χ1n) is 6.65. The van der Waals surface area contributed by atoms with Crippen molar-refractivity contribution >= 4 is 5.91 Å². The molecule has 0 heterocycles. The van der Waals surface area contributed by atoms with E-state index in [-0.39, 0.29) is 18.1 Å². The van der Waals surface area contributed by atoms with E-state index in [0.29, 0.717) is 6.54 Å². The molecule has 0 saturated heterocycles. The molecule has 0 bridgehead atoms. The van der Waals surface area contributed by atoms with Crippen LogP contribution in [0.15, 0.2) is 30.3 Å². The largest absolute Gasteiger partial charge is 0.395 e. The molecule has 0 radical (unpaired) electrons. The van der Waals surface area contributed by atoms with Gasteiger partial charge in [0.2, 0.25) is 5.91 Å². The molecule has 0 unspecified atom stereocenters. The van der Waals surface area contributed by atoms with Crippen LogP contribution in [-0.4, -0.2) is 28.1 Å². The van der Waals surface area contributed by atoms with Crippen LogP contribution in [0, 0.1) is 5.41 Å². The number of aliphatic hydroxyl groups excluding tert-OH is 1. The second-order valence-corrected chi connectivity index (χ2v) is 6.59. The number of nitrogens with zero attached hydrogens (tertiary/aromatic N) is 1. The molecule has 0 spiro atoms. The molecule has 3 nitrogen and oxygen atoms in total. The third-order valence-electron chi connectivity index (χ3n) is 3.21. The molecule has 0 aliphatic heterocycles. The van der Waals surface area contributed by atoms with Crippen LogP contribution in [0.2, 0.25) is 0 Å². The molecule has 0 aromatic heterocycles. The normalized spacial score (nSPS) is 12.3. The molecule has 1 aromatic rings. The predicted molar refractivity (Wildman–Crippen MR) is 77.6 cm³/mol. The number of rotatable bonds is 4.